The van der Waals surface area contributed by atoms with E-state index >= 15 is 0 Å². The Bertz CT molecular complexity index is 1120. The predicted molar refractivity (Wildman–Crippen MR) is 106 cm³/mol. The normalized spacial score (nSPS) is 12.0. The molecule has 1 aromatic carbocycles. The molecule has 168 valence electrons. The van der Waals surface area contributed by atoms with Gasteiger partial charge in [-0.15, -0.1) is 11.3 Å². The first-order chi connectivity index (χ1) is 14.4. The third kappa shape index (κ3) is 6.68. The molecule has 0 spiro atoms. The lowest BCUT2D eigenvalue weighted by atomic mass is 10.2. The van der Waals surface area contributed by atoms with Crippen LogP contribution in [0.2, 0.25) is 0 Å². The SMILES string of the molecule is C[C@H](OC(=O)c1sccc1NS(C)(=O)=O)C(=O)NCC(=O)Nc1ccc(F)c(F)c1F. The number of thiophene rings is 1. The standard InChI is InChI=1S/C17H16F3N3O6S2/c1-8(29-17(26)15-11(5-6-30-15)23-31(2,27)28)16(25)21-7-12(24)22-10-4-3-9(18)13(19)14(10)20/h3-6,8,23H,7H2,1-2H3,(H,21,25)(H,22,24)/t8-/m0/s1. The van der Waals surface area contributed by atoms with Gasteiger partial charge in [-0.25, -0.2) is 26.4 Å². The summed E-state index contributed by atoms with van der Waals surface area (Å²) in [5.41, 5.74) is -0.640. The second kappa shape index (κ2) is 9.78. The van der Waals surface area contributed by atoms with Crippen molar-refractivity contribution in [2.75, 3.05) is 22.8 Å². The molecular weight excluding hydrogens is 463 g/mol. The summed E-state index contributed by atoms with van der Waals surface area (Å²) in [5, 5.41) is 5.52. The summed E-state index contributed by atoms with van der Waals surface area (Å²) in [4.78, 5) is 35.9. The van der Waals surface area contributed by atoms with Gasteiger partial charge in [0.1, 0.15) is 4.88 Å². The number of halogens is 3. The molecule has 0 bridgehead atoms. The summed E-state index contributed by atoms with van der Waals surface area (Å²) in [6, 6.07) is 2.77. The van der Waals surface area contributed by atoms with Crippen LogP contribution in [-0.2, 0) is 24.3 Å². The lowest BCUT2D eigenvalue weighted by molar-refractivity contribution is -0.130. The molecule has 31 heavy (non-hydrogen) atoms. The summed E-state index contributed by atoms with van der Waals surface area (Å²) in [7, 11) is -3.65. The van der Waals surface area contributed by atoms with Crippen molar-refractivity contribution in [3.63, 3.8) is 0 Å². The van der Waals surface area contributed by atoms with E-state index in [4.69, 9.17) is 4.74 Å². The van der Waals surface area contributed by atoms with Crippen LogP contribution in [0.5, 0.6) is 0 Å². The van der Waals surface area contributed by atoms with Gasteiger partial charge in [-0.1, -0.05) is 0 Å². The zero-order valence-electron chi connectivity index (χ0n) is 16.0. The number of hydrogen-bond acceptors (Lipinski definition) is 7. The van der Waals surface area contributed by atoms with E-state index in [0.29, 0.717) is 6.07 Å². The number of sulfonamides is 1. The van der Waals surface area contributed by atoms with Gasteiger partial charge in [0.15, 0.2) is 23.6 Å². The van der Waals surface area contributed by atoms with Crippen LogP contribution in [-0.4, -0.2) is 45.1 Å². The van der Waals surface area contributed by atoms with Gasteiger partial charge in [-0.2, -0.15) is 0 Å². The highest BCUT2D eigenvalue weighted by atomic mass is 32.2. The van der Waals surface area contributed by atoms with Crippen LogP contribution in [0.3, 0.4) is 0 Å². The molecule has 2 rings (SSSR count). The number of rotatable bonds is 8. The van der Waals surface area contributed by atoms with Crippen molar-refractivity contribution in [1.82, 2.24) is 5.32 Å². The smallest absolute Gasteiger partial charge is 0.351 e. The van der Waals surface area contributed by atoms with Crippen molar-refractivity contribution in [1.29, 1.82) is 0 Å². The van der Waals surface area contributed by atoms with Crippen molar-refractivity contribution >= 4 is 50.5 Å². The van der Waals surface area contributed by atoms with E-state index in [-0.39, 0.29) is 10.6 Å². The molecular formula is C17H16F3N3O6S2. The summed E-state index contributed by atoms with van der Waals surface area (Å²) < 4.78 is 69.3. The van der Waals surface area contributed by atoms with Gasteiger partial charge >= 0.3 is 5.97 Å². The lowest BCUT2D eigenvalue weighted by Crippen LogP contribution is -2.40. The largest absolute Gasteiger partial charge is 0.448 e. The van der Waals surface area contributed by atoms with E-state index in [9.17, 15) is 36.0 Å². The highest BCUT2D eigenvalue weighted by Crippen LogP contribution is 2.24. The van der Waals surface area contributed by atoms with Crippen molar-refractivity contribution < 1.29 is 40.7 Å². The second-order valence-corrected chi connectivity index (χ2v) is 8.74. The molecule has 14 heteroatoms. The van der Waals surface area contributed by atoms with E-state index in [1.54, 1.807) is 0 Å². The number of anilines is 2. The number of nitrogens with one attached hydrogen (secondary N) is 3. The Morgan fingerprint density at radius 2 is 1.77 bits per heavy atom. The summed E-state index contributed by atoms with van der Waals surface area (Å²) in [6.45, 7) is 0.524. The molecule has 0 aliphatic heterocycles. The lowest BCUT2D eigenvalue weighted by Gasteiger charge is -2.14. The number of esters is 1. The highest BCUT2D eigenvalue weighted by molar-refractivity contribution is 7.92. The fourth-order valence-corrected chi connectivity index (χ4v) is 3.51. The van der Waals surface area contributed by atoms with Crippen molar-refractivity contribution in [3.8, 4) is 0 Å². The second-order valence-electron chi connectivity index (χ2n) is 6.07. The molecule has 0 aliphatic carbocycles. The molecule has 9 nitrogen and oxygen atoms in total. The van der Waals surface area contributed by atoms with Gasteiger partial charge in [0.25, 0.3) is 5.91 Å². The van der Waals surface area contributed by atoms with E-state index in [0.717, 1.165) is 23.7 Å². The third-order valence-electron chi connectivity index (χ3n) is 3.53. The first-order valence-electron chi connectivity index (χ1n) is 8.36. The van der Waals surface area contributed by atoms with E-state index < -0.39 is 63.6 Å². The molecule has 2 aromatic rings. The third-order valence-corrected chi connectivity index (χ3v) is 5.02. The maximum absolute atomic E-state index is 13.5. The van der Waals surface area contributed by atoms with Crippen LogP contribution in [0, 0.1) is 17.5 Å². The van der Waals surface area contributed by atoms with Crippen LogP contribution >= 0.6 is 11.3 Å². The minimum Gasteiger partial charge on any atom is -0.448 e. The van der Waals surface area contributed by atoms with Crippen LogP contribution in [0.1, 0.15) is 16.6 Å². The van der Waals surface area contributed by atoms with E-state index in [1.165, 1.54) is 18.4 Å². The van der Waals surface area contributed by atoms with Crippen molar-refractivity contribution in [2.45, 2.75) is 13.0 Å². The van der Waals surface area contributed by atoms with Crippen LogP contribution in [0.4, 0.5) is 24.5 Å². The van der Waals surface area contributed by atoms with Gasteiger partial charge in [0, 0.05) is 0 Å². The fraction of sp³-hybridized carbons (Fsp3) is 0.235. The van der Waals surface area contributed by atoms with Crippen LogP contribution < -0.4 is 15.4 Å². The zero-order chi connectivity index (χ0) is 23.3. The molecule has 1 atom stereocenters. The minimum atomic E-state index is -3.65. The summed E-state index contributed by atoms with van der Waals surface area (Å²) >= 11 is 0.885. The Labute approximate surface area is 178 Å². The molecule has 0 unspecified atom stereocenters. The first kappa shape index (κ1) is 24.1. The summed E-state index contributed by atoms with van der Waals surface area (Å²) in [6.07, 6.45) is -0.471. The zero-order valence-corrected chi connectivity index (χ0v) is 17.6. The Kier molecular flexibility index (Phi) is 7.62. The Morgan fingerprint density at radius 1 is 1.10 bits per heavy atom. The van der Waals surface area contributed by atoms with Gasteiger partial charge in [-0.3, -0.25) is 14.3 Å². The quantitative estimate of drug-likeness (QED) is 0.391. The van der Waals surface area contributed by atoms with Crippen molar-refractivity contribution in [2.24, 2.45) is 0 Å². The van der Waals surface area contributed by atoms with Gasteiger partial charge in [0.2, 0.25) is 15.9 Å². The molecule has 0 saturated carbocycles. The number of carbonyl (C=O) groups is 3. The molecule has 1 aromatic heterocycles. The fourth-order valence-electron chi connectivity index (χ4n) is 2.14. The Morgan fingerprint density at radius 3 is 2.42 bits per heavy atom. The Balaban J connectivity index is 1.90. The van der Waals surface area contributed by atoms with E-state index in [1.807, 2.05) is 5.32 Å². The van der Waals surface area contributed by atoms with Crippen LogP contribution in [0.25, 0.3) is 0 Å². The molecule has 0 aliphatic rings. The Hall–Kier alpha value is -3.13. The molecule has 2 amide bonds. The van der Waals surface area contributed by atoms with Gasteiger partial charge in [0.05, 0.1) is 24.2 Å². The first-order valence-corrected chi connectivity index (χ1v) is 11.1. The average Bonchev–Trinajstić information content (AvgIpc) is 3.12. The van der Waals surface area contributed by atoms with Gasteiger partial charge in [-0.05, 0) is 30.5 Å². The monoisotopic (exact) mass is 479 g/mol. The predicted octanol–water partition coefficient (Wildman–Crippen LogP) is 1.84. The number of amides is 2. The number of benzene rings is 1. The highest BCUT2D eigenvalue weighted by Gasteiger charge is 2.23. The van der Waals surface area contributed by atoms with Gasteiger partial charge < -0.3 is 15.4 Å². The summed E-state index contributed by atoms with van der Waals surface area (Å²) in [5.74, 6) is -7.60. The maximum Gasteiger partial charge on any atom is 0.351 e. The molecule has 1 heterocycles. The number of carbonyl (C=O) groups excluding carboxylic acids is 3. The topological polar surface area (TPSA) is 131 Å². The molecule has 3 N–H and O–H groups in total. The molecule has 0 fully saturated rings. The van der Waals surface area contributed by atoms with E-state index in [2.05, 4.69) is 10.0 Å². The molecule has 0 saturated heterocycles. The number of ether oxygens (including phenoxy) is 1. The number of hydrogen-bond donors (Lipinski definition) is 3. The maximum atomic E-state index is 13.5. The van der Waals surface area contributed by atoms with Crippen LogP contribution in [0.15, 0.2) is 23.6 Å². The minimum absolute atomic E-state index is 0.0157. The molecule has 0 radical (unpaired) electrons. The average molecular weight is 479 g/mol. The van der Waals surface area contributed by atoms with Crippen molar-refractivity contribution in [3.05, 3.63) is 45.9 Å².